The number of benzene rings is 2. The molecule has 0 saturated heterocycles. The van der Waals surface area contributed by atoms with Crippen molar-refractivity contribution >= 4 is 11.7 Å². The molecule has 0 atom stereocenters. The van der Waals surface area contributed by atoms with Crippen molar-refractivity contribution in [1.29, 1.82) is 0 Å². The minimum atomic E-state index is -4.63. The number of hydrogen-bond acceptors (Lipinski definition) is 6. The molecule has 182 valence electrons. The molecule has 1 N–H and O–H groups in total. The Morgan fingerprint density at radius 3 is 2.57 bits per heavy atom. The molecule has 3 aromatic rings. The Morgan fingerprint density at radius 1 is 1.14 bits per heavy atom. The molecule has 0 saturated carbocycles. The lowest BCUT2D eigenvalue weighted by atomic mass is 9.96. The lowest BCUT2D eigenvalue weighted by molar-refractivity contribution is -0.140. The van der Waals surface area contributed by atoms with E-state index in [1.807, 2.05) is 0 Å². The van der Waals surface area contributed by atoms with Crippen LogP contribution < -0.4 is 4.74 Å². The van der Waals surface area contributed by atoms with Gasteiger partial charge in [0.15, 0.2) is 11.6 Å². The lowest BCUT2D eigenvalue weighted by Crippen LogP contribution is -2.12. The Balaban J connectivity index is 1.63. The average molecular weight is 488 g/mol. The lowest BCUT2D eigenvalue weighted by Gasteiger charge is -2.16. The zero-order chi connectivity index (χ0) is 25.3. The summed E-state index contributed by atoms with van der Waals surface area (Å²) in [4.78, 5) is 19.9. The van der Waals surface area contributed by atoms with E-state index in [9.17, 15) is 23.1 Å². The molecular weight excluding hydrogens is 468 g/mol. The van der Waals surface area contributed by atoms with Crippen LogP contribution in [0.25, 0.3) is 11.3 Å². The second-order valence-corrected chi connectivity index (χ2v) is 8.09. The summed E-state index contributed by atoms with van der Waals surface area (Å²) < 4.78 is 61.0. The summed E-state index contributed by atoms with van der Waals surface area (Å²) in [5.74, 6) is -1.54. The largest absolute Gasteiger partial charge is 0.506 e. The smallest absolute Gasteiger partial charge is 0.417 e. The van der Waals surface area contributed by atoms with Crippen LogP contribution in [0.1, 0.15) is 34.4 Å². The molecule has 2 aromatic carbocycles. The molecule has 0 aliphatic carbocycles. The maximum Gasteiger partial charge on any atom is 0.417 e. The first-order valence-corrected chi connectivity index (χ1v) is 10.6. The summed E-state index contributed by atoms with van der Waals surface area (Å²) in [6.45, 7) is 3.20. The number of carbonyl (C=O) groups excluding carboxylic acids is 1. The van der Waals surface area contributed by atoms with Gasteiger partial charge in [0.2, 0.25) is 0 Å². The van der Waals surface area contributed by atoms with Crippen molar-refractivity contribution in [3.8, 4) is 22.8 Å². The summed E-state index contributed by atoms with van der Waals surface area (Å²) in [6.07, 6.45) is -4.54. The summed E-state index contributed by atoms with van der Waals surface area (Å²) >= 11 is 0. The first kappa shape index (κ1) is 24.2. The fourth-order valence-electron chi connectivity index (χ4n) is 3.83. The number of aryl methyl sites for hydroxylation is 1. The summed E-state index contributed by atoms with van der Waals surface area (Å²) in [5, 5.41) is 13.8. The van der Waals surface area contributed by atoms with Gasteiger partial charge in [-0.3, -0.25) is 0 Å². The SMILES string of the molecule is Cc1cc(OCC2=NOC(=O)C2)c(F)c(C)c1Cc1ccc(O)c(-c2ccccc2C(F)(F)F)n1. The maximum atomic E-state index is 15.0. The highest BCUT2D eigenvalue weighted by molar-refractivity contribution is 6.02. The predicted octanol–water partition coefficient (Wildman–Crippen LogP) is 5.50. The van der Waals surface area contributed by atoms with Crippen molar-refractivity contribution in [3.05, 3.63) is 76.2 Å². The zero-order valence-corrected chi connectivity index (χ0v) is 18.7. The van der Waals surface area contributed by atoms with Crippen molar-refractivity contribution in [2.24, 2.45) is 5.16 Å². The van der Waals surface area contributed by atoms with Crippen molar-refractivity contribution < 1.29 is 37.0 Å². The van der Waals surface area contributed by atoms with Gasteiger partial charge in [0.05, 0.1) is 12.0 Å². The van der Waals surface area contributed by atoms with E-state index in [1.54, 1.807) is 13.8 Å². The maximum absolute atomic E-state index is 15.0. The van der Waals surface area contributed by atoms with Crippen LogP contribution in [0.4, 0.5) is 17.6 Å². The van der Waals surface area contributed by atoms with E-state index in [4.69, 9.17) is 4.74 Å². The number of pyridine rings is 1. The molecule has 0 fully saturated rings. The standard InChI is InChI=1S/C25H20F4N2O4/c1-13-9-21(34-12-16-11-22(33)35-31-16)23(26)14(2)18(13)10-15-7-8-20(32)24(30-15)17-5-3-4-6-19(17)25(27,28)29/h3-9,32H,10-12H2,1-2H3. The van der Waals surface area contributed by atoms with Crippen molar-refractivity contribution in [3.63, 3.8) is 0 Å². The summed E-state index contributed by atoms with van der Waals surface area (Å²) in [7, 11) is 0. The first-order valence-electron chi connectivity index (χ1n) is 10.6. The van der Waals surface area contributed by atoms with Crippen LogP contribution >= 0.6 is 0 Å². The number of nitrogens with zero attached hydrogens (tertiary/aromatic N) is 2. The van der Waals surface area contributed by atoms with Crippen LogP contribution in [0.3, 0.4) is 0 Å². The van der Waals surface area contributed by atoms with Crippen LogP contribution in [0, 0.1) is 19.7 Å². The number of halogens is 4. The van der Waals surface area contributed by atoms with Gasteiger partial charge in [-0.15, -0.1) is 0 Å². The van der Waals surface area contributed by atoms with E-state index >= 15 is 4.39 Å². The van der Waals surface area contributed by atoms with Crippen LogP contribution in [0.5, 0.6) is 11.5 Å². The molecule has 10 heteroatoms. The van der Waals surface area contributed by atoms with Crippen molar-refractivity contribution in [1.82, 2.24) is 4.98 Å². The molecule has 0 radical (unpaired) electrons. The van der Waals surface area contributed by atoms with Crippen LogP contribution in [-0.4, -0.2) is 28.4 Å². The predicted molar refractivity (Wildman–Crippen MR) is 119 cm³/mol. The molecule has 0 bridgehead atoms. The Labute approximate surface area is 197 Å². The van der Waals surface area contributed by atoms with Gasteiger partial charge in [-0.2, -0.15) is 13.2 Å². The van der Waals surface area contributed by atoms with Gasteiger partial charge in [0.25, 0.3) is 0 Å². The van der Waals surface area contributed by atoms with Gasteiger partial charge in [-0.1, -0.05) is 23.4 Å². The van der Waals surface area contributed by atoms with Crippen LogP contribution in [0.15, 0.2) is 47.6 Å². The Morgan fingerprint density at radius 2 is 1.89 bits per heavy atom. The highest BCUT2D eigenvalue weighted by atomic mass is 19.4. The Kier molecular flexibility index (Phi) is 6.47. The van der Waals surface area contributed by atoms with Crippen LogP contribution in [-0.2, 0) is 22.2 Å². The van der Waals surface area contributed by atoms with E-state index < -0.39 is 29.3 Å². The summed E-state index contributed by atoms with van der Waals surface area (Å²) in [5.41, 5.74) is 0.858. The second kappa shape index (κ2) is 9.36. The van der Waals surface area contributed by atoms with E-state index in [2.05, 4.69) is 15.0 Å². The number of oxime groups is 1. The van der Waals surface area contributed by atoms with Gasteiger partial charge >= 0.3 is 12.1 Å². The van der Waals surface area contributed by atoms with E-state index in [-0.39, 0.29) is 42.0 Å². The van der Waals surface area contributed by atoms with Crippen LogP contribution in [0.2, 0.25) is 0 Å². The van der Waals surface area contributed by atoms with Gasteiger partial charge in [0.1, 0.15) is 23.8 Å². The van der Waals surface area contributed by atoms with Crippen molar-refractivity contribution in [2.75, 3.05) is 6.61 Å². The topological polar surface area (TPSA) is 81.0 Å². The molecule has 6 nitrogen and oxygen atoms in total. The van der Waals surface area contributed by atoms with Crippen molar-refractivity contribution in [2.45, 2.75) is 32.9 Å². The number of hydrogen-bond donors (Lipinski definition) is 1. The molecule has 2 heterocycles. The van der Waals surface area contributed by atoms with Gasteiger partial charge in [-0.05, 0) is 54.8 Å². The van der Waals surface area contributed by atoms with E-state index in [1.165, 1.54) is 36.4 Å². The molecule has 35 heavy (non-hydrogen) atoms. The molecule has 1 aromatic heterocycles. The third-order valence-corrected chi connectivity index (χ3v) is 5.62. The second-order valence-electron chi connectivity index (χ2n) is 8.09. The number of rotatable bonds is 6. The fourth-order valence-corrected chi connectivity index (χ4v) is 3.83. The molecule has 0 spiro atoms. The Hall–Kier alpha value is -3.95. The Bertz CT molecular complexity index is 1340. The summed E-state index contributed by atoms with van der Waals surface area (Å²) in [6, 6.07) is 9.10. The minimum absolute atomic E-state index is 0.0238. The van der Waals surface area contributed by atoms with E-state index in [0.717, 1.165) is 6.07 Å². The fraction of sp³-hybridized carbons (Fsp3) is 0.240. The molecule has 0 unspecified atom stereocenters. The number of aromatic nitrogens is 1. The molecule has 1 aliphatic heterocycles. The number of alkyl halides is 3. The third kappa shape index (κ3) is 5.11. The molecule has 4 rings (SSSR count). The quantitative estimate of drug-likeness (QED) is 0.366. The minimum Gasteiger partial charge on any atom is -0.506 e. The number of carbonyl (C=O) groups is 1. The normalized spacial score (nSPS) is 13.5. The molecular formula is C25H20F4N2O4. The number of ether oxygens (including phenoxy) is 1. The zero-order valence-electron chi connectivity index (χ0n) is 18.7. The highest BCUT2D eigenvalue weighted by Gasteiger charge is 2.34. The van der Waals surface area contributed by atoms with Gasteiger partial charge in [0, 0.05) is 17.7 Å². The molecule has 0 amide bonds. The highest BCUT2D eigenvalue weighted by Crippen LogP contribution is 2.39. The number of aromatic hydroxyl groups is 1. The first-order chi connectivity index (χ1) is 16.5. The van der Waals surface area contributed by atoms with Gasteiger partial charge in [-0.25, -0.2) is 14.2 Å². The average Bonchev–Trinajstić information content (AvgIpc) is 3.23. The van der Waals surface area contributed by atoms with Gasteiger partial charge < -0.3 is 14.7 Å². The molecule has 1 aliphatic rings. The van der Waals surface area contributed by atoms with E-state index in [0.29, 0.717) is 22.5 Å². The third-order valence-electron chi connectivity index (χ3n) is 5.62. The monoisotopic (exact) mass is 488 g/mol.